The molecule has 0 aromatic heterocycles. The van der Waals surface area contributed by atoms with Gasteiger partial charge in [0.2, 0.25) is 0 Å². The Bertz CT molecular complexity index is 1650. The Balaban J connectivity index is 4.68. The van der Waals surface area contributed by atoms with Gasteiger partial charge in [-0.15, -0.1) is 0 Å². The van der Waals surface area contributed by atoms with Gasteiger partial charge in [-0.1, -0.05) is 209 Å². The van der Waals surface area contributed by atoms with Gasteiger partial charge in [0.25, 0.3) is 0 Å². The van der Waals surface area contributed by atoms with Crippen LogP contribution in [0.4, 0.5) is 0 Å². The first-order valence-electron chi connectivity index (χ1n) is 27.3. The number of unbranched alkanes of at least 4 members (excludes halogenated alkanes) is 5. The summed E-state index contributed by atoms with van der Waals surface area (Å²) < 4.78 is 16.7. The zero-order valence-corrected chi connectivity index (χ0v) is 44.6. The van der Waals surface area contributed by atoms with Crippen LogP contribution in [0.2, 0.25) is 0 Å². The Kier molecular flexibility index (Phi) is 52.7. The third-order valence-corrected chi connectivity index (χ3v) is 10.4. The topological polar surface area (TPSA) is 78.9 Å². The number of carbonyl (C=O) groups is 3. The Morgan fingerprint density at radius 2 is 0.521 bits per heavy atom. The van der Waals surface area contributed by atoms with Crippen LogP contribution in [0.3, 0.4) is 0 Å². The van der Waals surface area contributed by atoms with Gasteiger partial charge in [-0.05, 0) is 141 Å². The summed E-state index contributed by atoms with van der Waals surface area (Å²) in [6, 6.07) is 0. The number of rotatable bonds is 46. The van der Waals surface area contributed by atoms with Crippen molar-refractivity contribution in [2.75, 3.05) is 13.2 Å². The SMILES string of the molecule is CC/C=C\C/C=C\C/C=C\C/C=C\C/C=C\CCCCCC(=O)OC(COC(=O)CCC/C=C\C/C=C\C/C=C\C/C=C\C/C=C\CC)COC(=O)CCC/C=C\C/C=C\C/C=C\C/C=C\C/C=C\CC. The first kappa shape index (κ1) is 65.5. The fraction of sp³-hybridized carbons (Fsp3) is 0.492. The smallest absolute Gasteiger partial charge is 0.306 e. The fourth-order valence-corrected chi connectivity index (χ4v) is 6.42. The Morgan fingerprint density at radius 1 is 0.282 bits per heavy atom. The van der Waals surface area contributed by atoms with Crippen molar-refractivity contribution in [2.45, 2.75) is 194 Å². The van der Waals surface area contributed by atoms with Gasteiger partial charge in [0.05, 0.1) is 0 Å². The fourth-order valence-electron chi connectivity index (χ4n) is 6.42. The lowest BCUT2D eigenvalue weighted by atomic mass is 10.1. The highest BCUT2D eigenvalue weighted by atomic mass is 16.6. The van der Waals surface area contributed by atoms with Gasteiger partial charge in [-0.2, -0.15) is 0 Å². The minimum absolute atomic E-state index is 0.149. The average molecular weight is 973 g/mol. The van der Waals surface area contributed by atoms with Crippen molar-refractivity contribution in [3.63, 3.8) is 0 Å². The van der Waals surface area contributed by atoms with Gasteiger partial charge in [0.1, 0.15) is 13.2 Å². The molecule has 0 saturated carbocycles. The van der Waals surface area contributed by atoms with Gasteiger partial charge in [0, 0.05) is 19.3 Å². The van der Waals surface area contributed by atoms with Crippen molar-refractivity contribution in [1.82, 2.24) is 0 Å². The molecule has 0 unspecified atom stereocenters. The summed E-state index contributed by atoms with van der Waals surface area (Å²) in [5.74, 6) is -1.11. The van der Waals surface area contributed by atoms with Crippen LogP contribution >= 0.6 is 0 Å². The van der Waals surface area contributed by atoms with E-state index in [0.29, 0.717) is 19.3 Å². The highest BCUT2D eigenvalue weighted by Gasteiger charge is 2.19. The van der Waals surface area contributed by atoms with Gasteiger partial charge in [0.15, 0.2) is 6.10 Å². The number of hydrogen-bond donors (Lipinski definition) is 0. The quantitative estimate of drug-likeness (QED) is 0.0262. The summed E-state index contributed by atoms with van der Waals surface area (Å²) in [5, 5.41) is 0. The van der Waals surface area contributed by atoms with E-state index in [1.165, 1.54) is 0 Å². The maximum absolute atomic E-state index is 12.8. The second-order valence-electron chi connectivity index (χ2n) is 17.0. The second-order valence-corrected chi connectivity index (χ2v) is 17.0. The summed E-state index contributed by atoms with van der Waals surface area (Å²) in [6.45, 7) is 6.14. The van der Waals surface area contributed by atoms with Crippen molar-refractivity contribution in [3.05, 3.63) is 182 Å². The molecule has 0 aromatic rings. The normalized spacial score (nSPS) is 13.2. The third-order valence-electron chi connectivity index (χ3n) is 10.4. The van der Waals surface area contributed by atoms with Crippen LogP contribution in [0.15, 0.2) is 182 Å². The highest BCUT2D eigenvalue weighted by molar-refractivity contribution is 5.71. The van der Waals surface area contributed by atoms with E-state index >= 15 is 0 Å². The molecular weight excluding hydrogens is 877 g/mol. The first-order valence-corrected chi connectivity index (χ1v) is 27.3. The van der Waals surface area contributed by atoms with E-state index in [1.807, 2.05) is 0 Å². The first-order chi connectivity index (χ1) is 35.0. The molecule has 0 aliphatic carbocycles. The second kappa shape index (κ2) is 57.1. The van der Waals surface area contributed by atoms with E-state index in [-0.39, 0.29) is 50.4 Å². The van der Waals surface area contributed by atoms with Gasteiger partial charge < -0.3 is 14.2 Å². The van der Waals surface area contributed by atoms with Gasteiger partial charge >= 0.3 is 17.9 Å². The molecule has 0 N–H and O–H groups in total. The van der Waals surface area contributed by atoms with Gasteiger partial charge in [-0.3, -0.25) is 14.4 Å². The van der Waals surface area contributed by atoms with E-state index in [1.54, 1.807) is 0 Å². The molecule has 0 spiro atoms. The zero-order valence-electron chi connectivity index (χ0n) is 44.6. The lowest BCUT2D eigenvalue weighted by Gasteiger charge is -2.18. The molecule has 0 aliphatic rings. The Hall–Kier alpha value is -5.49. The molecule has 0 atom stereocenters. The molecule has 0 aromatic carbocycles. The molecule has 6 heteroatoms. The van der Waals surface area contributed by atoms with Crippen molar-refractivity contribution >= 4 is 17.9 Å². The van der Waals surface area contributed by atoms with E-state index in [0.717, 1.165) is 128 Å². The monoisotopic (exact) mass is 973 g/mol. The number of ether oxygens (including phenoxy) is 3. The number of allylic oxidation sites excluding steroid dienone is 30. The lowest BCUT2D eigenvalue weighted by molar-refractivity contribution is -0.167. The third kappa shape index (κ3) is 55.3. The minimum atomic E-state index is -0.853. The molecule has 0 fully saturated rings. The van der Waals surface area contributed by atoms with Crippen molar-refractivity contribution in [1.29, 1.82) is 0 Å². The van der Waals surface area contributed by atoms with Crippen LogP contribution in [0.25, 0.3) is 0 Å². The minimum Gasteiger partial charge on any atom is -0.462 e. The van der Waals surface area contributed by atoms with E-state index < -0.39 is 6.10 Å². The molecule has 0 bridgehead atoms. The molecule has 0 rings (SSSR count). The standard InChI is InChI=1S/C65H96O6/c1-4-7-10-13-16-19-22-25-28-31-32-35-38-41-44-47-50-53-56-59-65(68)71-62(60-69-63(66)57-54-51-48-45-42-39-36-33-29-26-23-20-17-14-11-8-5-2)61-70-64(67)58-55-52-49-46-43-40-37-34-30-27-24-21-18-15-12-9-6-3/h7-12,16-21,25-30,32,35-37,39-41,44-46,48-49,62H,4-6,13-15,22-24,31,33-34,38,42-43,47,50-61H2,1-3H3/b10-7-,11-8-,12-9-,19-16-,20-17-,21-18-,28-25-,29-26-,30-27-,35-32-,39-36-,40-37-,44-41-,48-45-,49-46-. The van der Waals surface area contributed by atoms with E-state index in [9.17, 15) is 14.4 Å². The highest BCUT2D eigenvalue weighted by Crippen LogP contribution is 2.10. The molecule has 392 valence electrons. The van der Waals surface area contributed by atoms with Gasteiger partial charge in [-0.25, -0.2) is 0 Å². The van der Waals surface area contributed by atoms with Crippen molar-refractivity contribution in [2.24, 2.45) is 0 Å². The number of hydrogen-bond acceptors (Lipinski definition) is 6. The molecule has 0 aliphatic heterocycles. The molecule has 71 heavy (non-hydrogen) atoms. The average Bonchev–Trinajstić information content (AvgIpc) is 3.37. The summed E-state index contributed by atoms with van der Waals surface area (Å²) in [4.78, 5) is 38.1. The van der Waals surface area contributed by atoms with Crippen LogP contribution in [-0.2, 0) is 28.6 Å². The maximum atomic E-state index is 12.8. The number of esters is 3. The summed E-state index contributed by atoms with van der Waals surface area (Å²) in [5.41, 5.74) is 0. The van der Waals surface area contributed by atoms with Crippen LogP contribution in [-0.4, -0.2) is 37.2 Å². The zero-order chi connectivity index (χ0) is 51.4. The van der Waals surface area contributed by atoms with Crippen molar-refractivity contribution in [3.8, 4) is 0 Å². The van der Waals surface area contributed by atoms with Crippen LogP contribution < -0.4 is 0 Å². The summed E-state index contributed by atoms with van der Waals surface area (Å²) in [6.07, 6.45) is 86.0. The van der Waals surface area contributed by atoms with Crippen LogP contribution in [0.1, 0.15) is 188 Å². The largest absolute Gasteiger partial charge is 0.462 e. The summed E-state index contributed by atoms with van der Waals surface area (Å²) >= 11 is 0. The van der Waals surface area contributed by atoms with Crippen LogP contribution in [0, 0.1) is 0 Å². The van der Waals surface area contributed by atoms with Crippen molar-refractivity contribution < 1.29 is 28.6 Å². The summed E-state index contributed by atoms with van der Waals surface area (Å²) in [7, 11) is 0. The lowest BCUT2D eigenvalue weighted by Crippen LogP contribution is -2.30. The molecule has 6 nitrogen and oxygen atoms in total. The molecular formula is C65H96O6. The Morgan fingerprint density at radius 3 is 0.803 bits per heavy atom. The predicted molar refractivity (Wildman–Crippen MR) is 306 cm³/mol. The number of carbonyl (C=O) groups excluding carboxylic acids is 3. The molecule has 0 amide bonds. The molecule has 0 radical (unpaired) electrons. The van der Waals surface area contributed by atoms with Crippen LogP contribution in [0.5, 0.6) is 0 Å². The molecule has 0 heterocycles. The van der Waals surface area contributed by atoms with E-state index in [2.05, 4.69) is 203 Å². The van der Waals surface area contributed by atoms with E-state index in [4.69, 9.17) is 14.2 Å². The Labute approximate surface area is 434 Å². The predicted octanol–water partition coefficient (Wildman–Crippen LogP) is 18.5. The maximum Gasteiger partial charge on any atom is 0.306 e. The molecule has 0 saturated heterocycles.